The molecule has 2 rings (SSSR count). The van der Waals surface area contributed by atoms with Crippen molar-refractivity contribution in [3.63, 3.8) is 0 Å². The molecule has 1 aromatic heterocycles. The Balaban J connectivity index is 2.31. The maximum atomic E-state index is 5.70. The summed E-state index contributed by atoms with van der Waals surface area (Å²) in [6, 6.07) is 0.350. The summed E-state index contributed by atoms with van der Waals surface area (Å²) in [7, 11) is 0. The molecule has 6 heteroatoms. The number of nitrogens with zero attached hydrogens (tertiary/aromatic N) is 3. The van der Waals surface area contributed by atoms with Crippen molar-refractivity contribution in [2.75, 3.05) is 26.2 Å². The molecule has 1 aliphatic heterocycles. The zero-order chi connectivity index (χ0) is 19.8. The van der Waals surface area contributed by atoms with Crippen LogP contribution < -0.4 is 5.32 Å². The average Bonchev–Trinajstić information content (AvgIpc) is 3.17. The van der Waals surface area contributed by atoms with E-state index < -0.39 is 0 Å². The SMILES string of the molecule is C=C(OCC)C1=C(CN(CCC)C(CC)C(=C)C)NC(c2nccs2)=NC1. The fourth-order valence-electron chi connectivity index (χ4n) is 3.38. The van der Waals surface area contributed by atoms with E-state index in [4.69, 9.17) is 4.74 Å². The minimum absolute atomic E-state index is 0.350. The molecule has 0 saturated heterocycles. The van der Waals surface area contributed by atoms with Crippen molar-refractivity contribution in [1.29, 1.82) is 0 Å². The standard InChI is InChI=1S/C21H32N4OS/c1-7-11-25(19(8-2)15(4)5)14-18-17(16(6)26-9-3)13-23-20(24-18)21-22-10-12-27-21/h10,12,19H,4,6-9,11,13-14H2,1-3,5H3,(H,23,24). The Labute approximate surface area is 167 Å². The van der Waals surface area contributed by atoms with Crippen molar-refractivity contribution in [2.45, 2.75) is 46.6 Å². The van der Waals surface area contributed by atoms with Crippen LogP contribution in [0.2, 0.25) is 0 Å². The normalized spacial score (nSPS) is 15.4. The second kappa shape index (κ2) is 10.4. The molecule has 0 fully saturated rings. The van der Waals surface area contributed by atoms with Crippen LogP contribution in [0.1, 0.15) is 45.5 Å². The lowest BCUT2D eigenvalue weighted by atomic mass is 10.0. The van der Waals surface area contributed by atoms with Gasteiger partial charge < -0.3 is 10.1 Å². The van der Waals surface area contributed by atoms with Gasteiger partial charge in [0.15, 0.2) is 10.8 Å². The van der Waals surface area contributed by atoms with Crippen molar-refractivity contribution in [3.8, 4) is 0 Å². The highest BCUT2D eigenvalue weighted by Gasteiger charge is 2.24. The van der Waals surface area contributed by atoms with Gasteiger partial charge >= 0.3 is 0 Å². The molecule has 1 unspecified atom stereocenters. The van der Waals surface area contributed by atoms with Crippen LogP contribution in [0, 0.1) is 0 Å². The summed E-state index contributed by atoms with van der Waals surface area (Å²) in [5, 5.41) is 6.39. The molecule has 2 heterocycles. The predicted molar refractivity (Wildman–Crippen MR) is 115 cm³/mol. The van der Waals surface area contributed by atoms with Gasteiger partial charge in [-0.1, -0.05) is 32.6 Å². The van der Waals surface area contributed by atoms with Gasteiger partial charge in [-0.3, -0.25) is 9.89 Å². The molecule has 0 saturated carbocycles. The quantitative estimate of drug-likeness (QED) is 0.452. The van der Waals surface area contributed by atoms with Crippen molar-refractivity contribution in [2.24, 2.45) is 4.99 Å². The van der Waals surface area contributed by atoms with Crippen LogP contribution in [0.3, 0.4) is 0 Å². The molecule has 0 bridgehead atoms. The highest BCUT2D eigenvalue weighted by atomic mass is 32.1. The Bertz CT molecular complexity index is 706. The molecular weight excluding hydrogens is 356 g/mol. The van der Waals surface area contributed by atoms with Crippen LogP contribution in [0.5, 0.6) is 0 Å². The Morgan fingerprint density at radius 3 is 2.70 bits per heavy atom. The van der Waals surface area contributed by atoms with E-state index in [1.165, 1.54) is 5.57 Å². The van der Waals surface area contributed by atoms with Gasteiger partial charge in [-0.25, -0.2) is 4.98 Å². The summed E-state index contributed by atoms with van der Waals surface area (Å²) in [5.41, 5.74) is 3.33. The van der Waals surface area contributed by atoms with E-state index in [0.29, 0.717) is 25.0 Å². The predicted octanol–water partition coefficient (Wildman–Crippen LogP) is 4.36. The molecule has 0 aromatic carbocycles. The zero-order valence-corrected chi connectivity index (χ0v) is 17.9. The summed E-state index contributed by atoms with van der Waals surface area (Å²) in [6.45, 7) is 19.8. The summed E-state index contributed by atoms with van der Waals surface area (Å²) >= 11 is 1.59. The van der Waals surface area contributed by atoms with Gasteiger partial charge in [0, 0.05) is 35.4 Å². The second-order valence-corrected chi connectivity index (χ2v) is 7.58. The van der Waals surface area contributed by atoms with Crippen LogP contribution in [0.25, 0.3) is 0 Å². The minimum Gasteiger partial charge on any atom is -0.494 e. The molecule has 148 valence electrons. The molecule has 1 aromatic rings. The first kappa shape index (κ1) is 21.4. The Morgan fingerprint density at radius 2 is 2.15 bits per heavy atom. The maximum absolute atomic E-state index is 5.70. The summed E-state index contributed by atoms with van der Waals surface area (Å²) in [5.74, 6) is 1.52. The molecule has 1 atom stereocenters. The number of ether oxygens (including phenoxy) is 1. The van der Waals surface area contributed by atoms with Gasteiger partial charge in [0.2, 0.25) is 0 Å². The van der Waals surface area contributed by atoms with Gasteiger partial charge in [-0.15, -0.1) is 11.3 Å². The van der Waals surface area contributed by atoms with E-state index in [1.54, 1.807) is 17.5 Å². The topological polar surface area (TPSA) is 49.8 Å². The molecule has 0 radical (unpaired) electrons. The van der Waals surface area contributed by atoms with Gasteiger partial charge in [0.1, 0.15) is 5.76 Å². The lowest BCUT2D eigenvalue weighted by Gasteiger charge is -2.34. The van der Waals surface area contributed by atoms with Crippen LogP contribution in [-0.2, 0) is 4.74 Å². The molecular formula is C21H32N4OS. The number of nitrogens with one attached hydrogen (secondary N) is 1. The smallest absolute Gasteiger partial charge is 0.162 e. The Kier molecular flexibility index (Phi) is 8.25. The van der Waals surface area contributed by atoms with Crippen molar-refractivity contribution < 1.29 is 4.74 Å². The number of aliphatic imine (C=N–C) groups is 1. The third-order valence-electron chi connectivity index (χ3n) is 4.59. The minimum atomic E-state index is 0.350. The summed E-state index contributed by atoms with van der Waals surface area (Å²) in [4.78, 5) is 11.6. The largest absolute Gasteiger partial charge is 0.494 e. The number of thiazole rings is 1. The molecule has 27 heavy (non-hydrogen) atoms. The van der Waals surface area contributed by atoms with Crippen LogP contribution >= 0.6 is 11.3 Å². The van der Waals surface area contributed by atoms with Gasteiger partial charge in [0.05, 0.1) is 13.2 Å². The molecule has 5 nitrogen and oxygen atoms in total. The first-order valence-electron chi connectivity index (χ1n) is 9.66. The number of hydrogen-bond acceptors (Lipinski definition) is 6. The number of amidine groups is 1. The first-order chi connectivity index (χ1) is 13.0. The van der Waals surface area contributed by atoms with Crippen molar-refractivity contribution in [3.05, 3.63) is 52.3 Å². The molecule has 0 spiro atoms. The maximum Gasteiger partial charge on any atom is 0.162 e. The third kappa shape index (κ3) is 5.53. The first-order valence-corrected chi connectivity index (χ1v) is 10.5. The lowest BCUT2D eigenvalue weighted by Crippen LogP contribution is -2.42. The lowest BCUT2D eigenvalue weighted by molar-refractivity contribution is 0.224. The molecule has 1 N–H and O–H groups in total. The van der Waals surface area contributed by atoms with E-state index in [2.05, 4.69) is 54.1 Å². The number of hydrogen-bond donors (Lipinski definition) is 1. The number of aromatic nitrogens is 1. The summed E-state index contributed by atoms with van der Waals surface area (Å²) in [6.07, 6.45) is 3.93. The fourth-order valence-corrected chi connectivity index (χ4v) is 3.98. The number of rotatable bonds is 11. The molecule has 1 aliphatic rings. The van der Waals surface area contributed by atoms with Crippen LogP contribution in [-0.4, -0.2) is 48.0 Å². The van der Waals surface area contributed by atoms with E-state index in [1.807, 2.05) is 12.3 Å². The molecule has 0 aliphatic carbocycles. The third-order valence-corrected chi connectivity index (χ3v) is 5.37. The van der Waals surface area contributed by atoms with E-state index in [-0.39, 0.29) is 0 Å². The van der Waals surface area contributed by atoms with Crippen molar-refractivity contribution >= 4 is 17.2 Å². The average molecular weight is 389 g/mol. The highest BCUT2D eigenvalue weighted by Crippen LogP contribution is 2.23. The van der Waals surface area contributed by atoms with E-state index in [9.17, 15) is 0 Å². The Hall–Kier alpha value is -1.92. The van der Waals surface area contributed by atoms with Crippen molar-refractivity contribution in [1.82, 2.24) is 15.2 Å². The van der Waals surface area contributed by atoms with Crippen LogP contribution in [0.15, 0.2) is 52.3 Å². The zero-order valence-electron chi connectivity index (χ0n) is 17.0. The van der Waals surface area contributed by atoms with E-state index >= 15 is 0 Å². The fraction of sp³-hybridized carbons (Fsp3) is 0.524. The van der Waals surface area contributed by atoms with Gasteiger partial charge in [0.25, 0.3) is 0 Å². The van der Waals surface area contributed by atoms with Crippen LogP contribution in [0.4, 0.5) is 0 Å². The van der Waals surface area contributed by atoms with Gasteiger partial charge in [-0.05, 0) is 33.2 Å². The second-order valence-electron chi connectivity index (χ2n) is 6.68. The highest BCUT2D eigenvalue weighted by molar-refractivity contribution is 7.11. The monoisotopic (exact) mass is 388 g/mol. The van der Waals surface area contributed by atoms with Gasteiger partial charge in [-0.2, -0.15) is 0 Å². The molecule has 0 amide bonds. The van der Waals surface area contributed by atoms with E-state index in [0.717, 1.165) is 48.0 Å². The Morgan fingerprint density at radius 1 is 1.37 bits per heavy atom. The summed E-state index contributed by atoms with van der Waals surface area (Å²) < 4.78 is 5.70.